The van der Waals surface area contributed by atoms with E-state index >= 15 is 0 Å². The molecular weight excluding hydrogens is 248 g/mol. The highest BCUT2D eigenvalue weighted by molar-refractivity contribution is 5.55. The van der Waals surface area contributed by atoms with E-state index in [9.17, 15) is 0 Å². The van der Waals surface area contributed by atoms with E-state index < -0.39 is 0 Å². The van der Waals surface area contributed by atoms with Crippen molar-refractivity contribution in [3.63, 3.8) is 0 Å². The SMILES string of the molecule is COc1cc(CNCc2ncn[nH]2)cc2c1OCO2. The molecule has 7 heteroatoms. The van der Waals surface area contributed by atoms with Crippen molar-refractivity contribution in [3.05, 3.63) is 29.8 Å². The first-order chi connectivity index (χ1) is 9.36. The van der Waals surface area contributed by atoms with Gasteiger partial charge in [0, 0.05) is 6.54 Å². The fourth-order valence-corrected chi connectivity index (χ4v) is 1.93. The van der Waals surface area contributed by atoms with Crippen LogP contribution in [-0.2, 0) is 13.1 Å². The van der Waals surface area contributed by atoms with Gasteiger partial charge < -0.3 is 19.5 Å². The number of nitrogens with zero attached hydrogens (tertiary/aromatic N) is 2. The smallest absolute Gasteiger partial charge is 0.231 e. The second-order valence-corrected chi connectivity index (χ2v) is 4.07. The molecule has 3 rings (SSSR count). The predicted molar refractivity (Wildman–Crippen MR) is 66.0 cm³/mol. The molecule has 1 aliphatic heterocycles. The summed E-state index contributed by atoms with van der Waals surface area (Å²) in [4.78, 5) is 4.04. The molecule has 2 heterocycles. The minimum Gasteiger partial charge on any atom is -0.493 e. The third kappa shape index (κ3) is 2.45. The summed E-state index contributed by atoms with van der Waals surface area (Å²) in [7, 11) is 1.61. The Morgan fingerprint density at radius 1 is 1.37 bits per heavy atom. The number of rotatable bonds is 5. The summed E-state index contributed by atoms with van der Waals surface area (Å²) in [6.45, 7) is 1.53. The van der Waals surface area contributed by atoms with Crippen molar-refractivity contribution in [2.24, 2.45) is 0 Å². The maximum atomic E-state index is 5.38. The van der Waals surface area contributed by atoms with Gasteiger partial charge in [0.1, 0.15) is 12.2 Å². The van der Waals surface area contributed by atoms with Crippen LogP contribution < -0.4 is 19.5 Å². The standard InChI is InChI=1S/C12H14N4O3/c1-17-9-2-8(3-10-12(9)19-7-18-10)4-13-5-11-14-6-15-16-11/h2-3,6,13H,4-5,7H2,1H3,(H,14,15,16). The number of benzene rings is 1. The molecule has 2 aromatic rings. The van der Waals surface area contributed by atoms with Gasteiger partial charge in [-0.25, -0.2) is 4.98 Å². The Hall–Kier alpha value is -2.28. The van der Waals surface area contributed by atoms with E-state index in [-0.39, 0.29) is 6.79 Å². The monoisotopic (exact) mass is 262 g/mol. The van der Waals surface area contributed by atoms with Gasteiger partial charge in [0.15, 0.2) is 11.5 Å². The first-order valence-electron chi connectivity index (χ1n) is 5.88. The first-order valence-corrected chi connectivity index (χ1v) is 5.88. The average molecular weight is 262 g/mol. The number of nitrogens with one attached hydrogen (secondary N) is 2. The van der Waals surface area contributed by atoms with Crippen LogP contribution in [0.15, 0.2) is 18.5 Å². The van der Waals surface area contributed by atoms with E-state index in [1.165, 1.54) is 6.33 Å². The van der Waals surface area contributed by atoms with Gasteiger partial charge in [-0.2, -0.15) is 5.10 Å². The van der Waals surface area contributed by atoms with Crippen molar-refractivity contribution in [2.75, 3.05) is 13.9 Å². The van der Waals surface area contributed by atoms with Crippen LogP contribution in [-0.4, -0.2) is 29.1 Å². The van der Waals surface area contributed by atoms with Crippen molar-refractivity contribution < 1.29 is 14.2 Å². The molecule has 7 nitrogen and oxygen atoms in total. The Kier molecular flexibility index (Phi) is 3.20. The highest BCUT2D eigenvalue weighted by Crippen LogP contribution is 2.41. The van der Waals surface area contributed by atoms with E-state index in [4.69, 9.17) is 14.2 Å². The predicted octanol–water partition coefficient (Wildman–Crippen LogP) is 0.832. The Morgan fingerprint density at radius 3 is 3.11 bits per heavy atom. The Bertz CT molecular complexity index is 556. The van der Waals surface area contributed by atoms with Crippen molar-refractivity contribution >= 4 is 0 Å². The lowest BCUT2D eigenvalue weighted by molar-refractivity contribution is 0.171. The Labute approximate surface area is 109 Å². The Morgan fingerprint density at radius 2 is 2.32 bits per heavy atom. The number of aromatic amines is 1. The largest absolute Gasteiger partial charge is 0.493 e. The van der Waals surface area contributed by atoms with Gasteiger partial charge in [-0.1, -0.05) is 0 Å². The topological polar surface area (TPSA) is 81.3 Å². The normalized spacial score (nSPS) is 12.7. The van der Waals surface area contributed by atoms with E-state index in [0.29, 0.717) is 24.6 Å². The van der Waals surface area contributed by atoms with Gasteiger partial charge in [0.05, 0.1) is 13.7 Å². The van der Waals surface area contributed by atoms with Crippen molar-refractivity contribution in [1.29, 1.82) is 0 Å². The van der Waals surface area contributed by atoms with Gasteiger partial charge in [-0.3, -0.25) is 5.10 Å². The molecule has 0 atom stereocenters. The van der Waals surface area contributed by atoms with E-state index in [1.54, 1.807) is 7.11 Å². The zero-order valence-corrected chi connectivity index (χ0v) is 10.5. The molecule has 1 aromatic heterocycles. The summed E-state index contributed by atoms with van der Waals surface area (Å²) >= 11 is 0. The van der Waals surface area contributed by atoms with Crippen LogP contribution >= 0.6 is 0 Å². The second kappa shape index (κ2) is 5.15. The highest BCUT2D eigenvalue weighted by Gasteiger charge is 2.19. The number of hydrogen-bond acceptors (Lipinski definition) is 6. The van der Waals surface area contributed by atoms with E-state index in [2.05, 4.69) is 20.5 Å². The van der Waals surface area contributed by atoms with Crippen LogP contribution in [0.4, 0.5) is 0 Å². The molecule has 2 N–H and O–H groups in total. The molecule has 0 aliphatic carbocycles. The molecule has 0 fully saturated rings. The third-order valence-corrected chi connectivity index (χ3v) is 2.80. The zero-order chi connectivity index (χ0) is 13.1. The lowest BCUT2D eigenvalue weighted by Crippen LogP contribution is -2.13. The minimum atomic E-state index is 0.237. The highest BCUT2D eigenvalue weighted by atomic mass is 16.7. The molecule has 0 saturated carbocycles. The maximum absolute atomic E-state index is 5.38. The van der Waals surface area contributed by atoms with Crippen LogP contribution in [0, 0.1) is 0 Å². The van der Waals surface area contributed by atoms with Crippen molar-refractivity contribution in [3.8, 4) is 17.2 Å². The van der Waals surface area contributed by atoms with Crippen LogP contribution in [0.25, 0.3) is 0 Å². The molecule has 0 unspecified atom stereocenters. The lowest BCUT2D eigenvalue weighted by Gasteiger charge is -2.08. The average Bonchev–Trinajstić information content (AvgIpc) is 3.08. The lowest BCUT2D eigenvalue weighted by atomic mass is 10.2. The van der Waals surface area contributed by atoms with Crippen LogP contribution in [0.2, 0.25) is 0 Å². The van der Waals surface area contributed by atoms with Crippen LogP contribution in [0.1, 0.15) is 11.4 Å². The summed E-state index contributed by atoms with van der Waals surface area (Å²) in [5.41, 5.74) is 1.06. The molecule has 1 aromatic carbocycles. The quantitative estimate of drug-likeness (QED) is 0.830. The first kappa shape index (κ1) is 11.8. The molecule has 0 radical (unpaired) electrons. The molecule has 100 valence electrons. The van der Waals surface area contributed by atoms with E-state index in [1.807, 2.05) is 12.1 Å². The molecule has 0 bridgehead atoms. The van der Waals surface area contributed by atoms with Crippen molar-refractivity contribution in [2.45, 2.75) is 13.1 Å². The number of fused-ring (bicyclic) bond motifs is 1. The number of aromatic nitrogens is 3. The molecule has 1 aliphatic rings. The fraction of sp³-hybridized carbons (Fsp3) is 0.333. The summed E-state index contributed by atoms with van der Waals surface area (Å²) in [5, 5.41) is 9.85. The number of hydrogen-bond donors (Lipinski definition) is 2. The van der Waals surface area contributed by atoms with Gasteiger partial charge in [-0.15, -0.1) is 0 Å². The molecule has 19 heavy (non-hydrogen) atoms. The maximum Gasteiger partial charge on any atom is 0.231 e. The fourth-order valence-electron chi connectivity index (χ4n) is 1.93. The van der Waals surface area contributed by atoms with Crippen LogP contribution in [0.5, 0.6) is 17.2 Å². The third-order valence-electron chi connectivity index (χ3n) is 2.80. The second-order valence-electron chi connectivity index (χ2n) is 4.07. The molecule has 0 saturated heterocycles. The summed E-state index contributed by atoms with van der Waals surface area (Å²) in [6.07, 6.45) is 1.49. The van der Waals surface area contributed by atoms with Crippen LogP contribution in [0.3, 0.4) is 0 Å². The molecule has 0 amide bonds. The summed E-state index contributed by atoms with van der Waals surface area (Å²) in [5.74, 6) is 2.87. The molecular formula is C12H14N4O3. The Balaban J connectivity index is 1.68. The van der Waals surface area contributed by atoms with Gasteiger partial charge in [-0.05, 0) is 17.7 Å². The van der Waals surface area contributed by atoms with Gasteiger partial charge >= 0.3 is 0 Å². The van der Waals surface area contributed by atoms with Gasteiger partial charge in [0.2, 0.25) is 12.5 Å². The number of ether oxygens (including phenoxy) is 3. The number of methoxy groups -OCH3 is 1. The molecule has 0 spiro atoms. The number of H-pyrrole nitrogens is 1. The summed E-state index contributed by atoms with van der Waals surface area (Å²) in [6, 6.07) is 3.87. The van der Waals surface area contributed by atoms with Crippen molar-refractivity contribution in [1.82, 2.24) is 20.5 Å². The zero-order valence-electron chi connectivity index (χ0n) is 10.5. The minimum absolute atomic E-state index is 0.237. The summed E-state index contributed by atoms with van der Waals surface area (Å²) < 4.78 is 16.0. The van der Waals surface area contributed by atoms with Gasteiger partial charge in [0.25, 0.3) is 0 Å². The van der Waals surface area contributed by atoms with E-state index in [0.717, 1.165) is 17.1 Å².